The Morgan fingerprint density at radius 3 is 2.69 bits per heavy atom. The maximum atomic E-state index is 13.5. The van der Waals surface area contributed by atoms with Crippen molar-refractivity contribution in [1.29, 1.82) is 0 Å². The standard InChI is InChI=1S/C26H22F3N3O3S/c1-15-31-22(23(36-15)16-4-2-5-17(14-16)26(27,28)29)25(34)32(18-8-9-18)12-11-30-24(33)20-6-3-7-21-19(20)10-13-35-21/h2-7,10,13-14,18H,8-9,11-12H2,1H3,(H,30,33). The number of amides is 2. The van der Waals surface area contributed by atoms with Gasteiger partial charge in [0.2, 0.25) is 0 Å². The first kappa shape index (κ1) is 24.1. The van der Waals surface area contributed by atoms with Crippen LogP contribution in [0.3, 0.4) is 0 Å². The number of hydrogen-bond acceptors (Lipinski definition) is 5. The summed E-state index contributed by atoms with van der Waals surface area (Å²) in [5, 5.41) is 4.15. The highest BCUT2D eigenvalue weighted by atomic mass is 32.1. The van der Waals surface area contributed by atoms with E-state index in [9.17, 15) is 22.8 Å². The summed E-state index contributed by atoms with van der Waals surface area (Å²) in [6, 6.07) is 11.9. The van der Waals surface area contributed by atoms with E-state index in [2.05, 4.69) is 10.3 Å². The second kappa shape index (κ2) is 9.42. The van der Waals surface area contributed by atoms with Gasteiger partial charge in [-0.3, -0.25) is 9.59 Å². The molecule has 0 radical (unpaired) electrons. The van der Waals surface area contributed by atoms with Gasteiger partial charge in [0, 0.05) is 24.5 Å². The summed E-state index contributed by atoms with van der Waals surface area (Å²) < 4.78 is 45.1. The minimum absolute atomic E-state index is 0.0167. The number of nitrogens with zero attached hydrogens (tertiary/aromatic N) is 2. The van der Waals surface area contributed by atoms with Crippen LogP contribution >= 0.6 is 11.3 Å². The van der Waals surface area contributed by atoms with Gasteiger partial charge in [-0.2, -0.15) is 13.2 Å². The number of furan rings is 1. The van der Waals surface area contributed by atoms with E-state index in [4.69, 9.17) is 4.42 Å². The second-order valence-corrected chi connectivity index (χ2v) is 9.82. The SMILES string of the molecule is Cc1nc(C(=O)N(CCNC(=O)c2cccc3occc23)C2CC2)c(-c2cccc(C(F)(F)F)c2)s1. The van der Waals surface area contributed by atoms with E-state index in [0.717, 1.165) is 25.0 Å². The number of aryl methyl sites for hydroxylation is 1. The van der Waals surface area contributed by atoms with Crippen LogP contribution in [0.2, 0.25) is 0 Å². The third-order valence-electron chi connectivity index (χ3n) is 6.02. The van der Waals surface area contributed by atoms with Crippen molar-refractivity contribution in [2.45, 2.75) is 32.0 Å². The molecule has 186 valence electrons. The quantitative estimate of drug-likeness (QED) is 0.333. The summed E-state index contributed by atoms with van der Waals surface area (Å²) in [5.41, 5.74) is 0.749. The van der Waals surface area contributed by atoms with Crippen LogP contribution in [0.1, 0.15) is 44.3 Å². The molecule has 4 aromatic rings. The first-order valence-corrected chi connectivity index (χ1v) is 12.2. The van der Waals surface area contributed by atoms with E-state index in [-0.39, 0.29) is 36.6 Å². The van der Waals surface area contributed by atoms with Gasteiger partial charge in [-0.15, -0.1) is 11.3 Å². The molecular weight excluding hydrogens is 491 g/mol. The average molecular weight is 514 g/mol. The van der Waals surface area contributed by atoms with Crippen molar-refractivity contribution >= 4 is 34.1 Å². The Labute approximate surface area is 208 Å². The van der Waals surface area contributed by atoms with Crippen molar-refractivity contribution < 1.29 is 27.2 Å². The zero-order valence-corrected chi connectivity index (χ0v) is 20.1. The molecule has 1 aliphatic rings. The first-order valence-electron chi connectivity index (χ1n) is 11.4. The van der Waals surface area contributed by atoms with Crippen molar-refractivity contribution in [3.05, 3.63) is 76.6 Å². The van der Waals surface area contributed by atoms with E-state index in [1.54, 1.807) is 42.2 Å². The summed E-state index contributed by atoms with van der Waals surface area (Å²) in [6.07, 6.45) is -1.31. The molecule has 2 aromatic heterocycles. The molecule has 2 aromatic carbocycles. The molecule has 1 N–H and O–H groups in total. The van der Waals surface area contributed by atoms with E-state index >= 15 is 0 Å². The molecule has 2 amide bonds. The number of thiazole rings is 1. The van der Waals surface area contributed by atoms with Crippen molar-refractivity contribution in [1.82, 2.24) is 15.2 Å². The third kappa shape index (κ3) is 4.86. The van der Waals surface area contributed by atoms with Crippen LogP contribution in [-0.4, -0.2) is 40.8 Å². The summed E-state index contributed by atoms with van der Waals surface area (Å²) in [6.45, 7) is 2.20. The zero-order chi connectivity index (χ0) is 25.4. The van der Waals surface area contributed by atoms with Gasteiger partial charge in [-0.25, -0.2) is 4.98 Å². The van der Waals surface area contributed by atoms with E-state index in [0.29, 0.717) is 32.0 Å². The minimum atomic E-state index is -4.49. The van der Waals surface area contributed by atoms with Crippen LogP contribution in [0.4, 0.5) is 13.2 Å². The zero-order valence-electron chi connectivity index (χ0n) is 19.3. The lowest BCUT2D eigenvalue weighted by Gasteiger charge is -2.22. The van der Waals surface area contributed by atoms with Crippen LogP contribution in [0.25, 0.3) is 21.4 Å². The first-order chi connectivity index (χ1) is 17.2. The number of benzene rings is 2. The monoisotopic (exact) mass is 513 g/mol. The number of rotatable bonds is 7. The maximum absolute atomic E-state index is 13.5. The van der Waals surface area contributed by atoms with Crippen LogP contribution in [0.5, 0.6) is 0 Å². The van der Waals surface area contributed by atoms with Crippen LogP contribution in [0, 0.1) is 6.92 Å². The molecule has 0 saturated heterocycles. The highest BCUT2D eigenvalue weighted by molar-refractivity contribution is 7.15. The number of carbonyl (C=O) groups excluding carboxylic acids is 2. The number of carbonyl (C=O) groups is 2. The van der Waals surface area contributed by atoms with Crippen molar-refractivity contribution in [2.24, 2.45) is 0 Å². The fourth-order valence-corrected chi connectivity index (χ4v) is 5.06. The number of aromatic nitrogens is 1. The molecule has 1 fully saturated rings. The number of alkyl halides is 3. The lowest BCUT2D eigenvalue weighted by molar-refractivity contribution is -0.137. The van der Waals surface area contributed by atoms with Gasteiger partial charge in [0.1, 0.15) is 11.3 Å². The Morgan fingerprint density at radius 1 is 1.17 bits per heavy atom. The third-order valence-corrected chi connectivity index (χ3v) is 7.04. The number of nitrogens with one attached hydrogen (secondary N) is 1. The van der Waals surface area contributed by atoms with E-state index in [1.165, 1.54) is 23.7 Å². The Hall–Kier alpha value is -3.66. The molecule has 0 atom stereocenters. The molecule has 0 aliphatic heterocycles. The Morgan fingerprint density at radius 2 is 1.94 bits per heavy atom. The van der Waals surface area contributed by atoms with Crippen LogP contribution in [-0.2, 0) is 6.18 Å². The lowest BCUT2D eigenvalue weighted by Crippen LogP contribution is -2.40. The fraction of sp³-hybridized carbons (Fsp3) is 0.269. The van der Waals surface area contributed by atoms with Gasteiger partial charge in [0.15, 0.2) is 0 Å². The molecule has 0 spiro atoms. The lowest BCUT2D eigenvalue weighted by atomic mass is 10.1. The molecule has 36 heavy (non-hydrogen) atoms. The van der Waals surface area contributed by atoms with E-state index < -0.39 is 11.7 Å². The van der Waals surface area contributed by atoms with E-state index in [1.807, 2.05) is 0 Å². The fourth-order valence-electron chi connectivity index (χ4n) is 4.15. The second-order valence-electron chi connectivity index (χ2n) is 8.61. The minimum Gasteiger partial charge on any atom is -0.464 e. The highest BCUT2D eigenvalue weighted by Crippen LogP contribution is 2.37. The van der Waals surface area contributed by atoms with Gasteiger partial charge < -0.3 is 14.6 Å². The Kier molecular flexibility index (Phi) is 6.29. The van der Waals surface area contributed by atoms with Crippen molar-refractivity contribution in [3.63, 3.8) is 0 Å². The molecular formula is C26H22F3N3O3S. The normalized spacial score (nSPS) is 13.7. The summed E-state index contributed by atoms with van der Waals surface area (Å²) in [4.78, 5) is 32.7. The summed E-state index contributed by atoms with van der Waals surface area (Å²) in [7, 11) is 0. The highest BCUT2D eigenvalue weighted by Gasteiger charge is 2.36. The van der Waals surface area contributed by atoms with Gasteiger partial charge in [-0.05, 0) is 55.7 Å². The topological polar surface area (TPSA) is 75.4 Å². The summed E-state index contributed by atoms with van der Waals surface area (Å²) in [5.74, 6) is -0.625. The Bertz CT molecular complexity index is 1440. The molecule has 1 aliphatic carbocycles. The maximum Gasteiger partial charge on any atom is 0.416 e. The van der Waals surface area contributed by atoms with Crippen molar-refractivity contribution in [3.8, 4) is 10.4 Å². The van der Waals surface area contributed by atoms with Gasteiger partial charge in [0.25, 0.3) is 11.8 Å². The predicted molar refractivity (Wildman–Crippen MR) is 130 cm³/mol. The number of fused-ring (bicyclic) bond motifs is 1. The Balaban J connectivity index is 1.33. The summed E-state index contributed by atoms with van der Waals surface area (Å²) >= 11 is 1.19. The largest absolute Gasteiger partial charge is 0.464 e. The van der Waals surface area contributed by atoms with Crippen LogP contribution < -0.4 is 5.32 Å². The van der Waals surface area contributed by atoms with Gasteiger partial charge >= 0.3 is 6.18 Å². The van der Waals surface area contributed by atoms with Gasteiger partial charge in [0.05, 0.1) is 27.3 Å². The molecule has 10 heteroatoms. The average Bonchev–Trinajstić information content (AvgIpc) is 3.43. The molecule has 2 heterocycles. The number of hydrogen-bond donors (Lipinski definition) is 1. The van der Waals surface area contributed by atoms with Crippen LogP contribution in [0.15, 0.2) is 59.2 Å². The molecule has 0 unspecified atom stereocenters. The number of halogens is 3. The molecule has 6 nitrogen and oxygen atoms in total. The van der Waals surface area contributed by atoms with Crippen molar-refractivity contribution in [2.75, 3.05) is 13.1 Å². The van der Waals surface area contributed by atoms with Gasteiger partial charge in [-0.1, -0.05) is 18.2 Å². The predicted octanol–water partition coefficient (Wildman–Crippen LogP) is 5.92. The molecule has 1 saturated carbocycles. The smallest absolute Gasteiger partial charge is 0.416 e. The molecule has 0 bridgehead atoms. The molecule has 5 rings (SSSR count).